The molecule has 26 heavy (non-hydrogen) atoms. The number of hydrogen-bond acceptors (Lipinski definition) is 5. The largest absolute Gasteiger partial charge is 0.391 e. The maximum absolute atomic E-state index is 12.2. The molecule has 5 amide bonds. The van der Waals surface area contributed by atoms with Gasteiger partial charge in [-0.25, -0.2) is 9.69 Å². The molecule has 1 heterocycles. The first kappa shape index (κ1) is 21.9. The van der Waals surface area contributed by atoms with Gasteiger partial charge in [-0.3, -0.25) is 14.4 Å². The van der Waals surface area contributed by atoms with E-state index in [-0.39, 0.29) is 12.3 Å². The summed E-state index contributed by atoms with van der Waals surface area (Å²) in [5.74, 6) is -1.53. The van der Waals surface area contributed by atoms with Crippen LogP contribution in [0.2, 0.25) is 0 Å². The average Bonchev–Trinajstić information content (AvgIpc) is 2.86. The van der Waals surface area contributed by atoms with Crippen LogP contribution in [-0.4, -0.2) is 58.5 Å². The van der Waals surface area contributed by atoms with Gasteiger partial charge in [0, 0.05) is 13.0 Å². The van der Waals surface area contributed by atoms with Crippen LogP contribution in [0.3, 0.4) is 0 Å². The van der Waals surface area contributed by atoms with Crippen molar-refractivity contribution in [1.82, 2.24) is 15.5 Å². The normalized spacial score (nSPS) is 19.2. The second kappa shape index (κ2) is 10.7. The van der Waals surface area contributed by atoms with Gasteiger partial charge in [0.1, 0.15) is 12.1 Å². The third kappa shape index (κ3) is 6.29. The van der Waals surface area contributed by atoms with Gasteiger partial charge in [0.05, 0.1) is 6.10 Å². The SMILES string of the molecule is CCCCCCC(=O)NCCCC(C(N)=O)N1C(=O)NC(C(C)O)C1=O. The first-order chi connectivity index (χ1) is 12.3. The molecule has 5 N–H and O–H groups in total. The van der Waals surface area contributed by atoms with Crippen molar-refractivity contribution in [3.8, 4) is 0 Å². The van der Waals surface area contributed by atoms with Crippen LogP contribution in [0.4, 0.5) is 4.79 Å². The van der Waals surface area contributed by atoms with Gasteiger partial charge < -0.3 is 21.5 Å². The third-order valence-corrected chi connectivity index (χ3v) is 4.36. The molecular weight excluding hydrogens is 340 g/mol. The highest BCUT2D eigenvalue weighted by atomic mass is 16.3. The molecule has 1 rings (SSSR count). The lowest BCUT2D eigenvalue weighted by Gasteiger charge is -2.22. The van der Waals surface area contributed by atoms with E-state index in [1.807, 2.05) is 0 Å². The molecule has 1 aliphatic rings. The zero-order valence-electron chi connectivity index (χ0n) is 15.5. The minimum atomic E-state index is -1.10. The fourth-order valence-electron chi connectivity index (χ4n) is 2.86. The lowest BCUT2D eigenvalue weighted by molar-refractivity contribution is -0.136. The minimum absolute atomic E-state index is 0.0547. The molecule has 9 nitrogen and oxygen atoms in total. The Labute approximate surface area is 153 Å². The Hall–Kier alpha value is -2.16. The third-order valence-electron chi connectivity index (χ3n) is 4.36. The number of nitrogens with two attached hydrogens (primary N) is 1. The molecule has 9 heteroatoms. The fourth-order valence-corrected chi connectivity index (χ4v) is 2.86. The Bertz CT molecular complexity index is 523. The summed E-state index contributed by atoms with van der Waals surface area (Å²) in [6.07, 6.45) is 4.00. The molecule has 0 bridgehead atoms. The maximum atomic E-state index is 12.2. The smallest absolute Gasteiger partial charge is 0.325 e. The molecule has 0 aliphatic carbocycles. The number of imide groups is 1. The summed E-state index contributed by atoms with van der Waals surface area (Å²) in [6, 6.07) is -2.93. The highest BCUT2D eigenvalue weighted by Crippen LogP contribution is 2.16. The first-order valence-electron chi connectivity index (χ1n) is 9.17. The van der Waals surface area contributed by atoms with Crippen molar-refractivity contribution < 1.29 is 24.3 Å². The van der Waals surface area contributed by atoms with E-state index in [9.17, 15) is 24.3 Å². The summed E-state index contributed by atoms with van der Waals surface area (Å²) in [6.45, 7) is 3.81. The number of nitrogens with zero attached hydrogens (tertiary/aromatic N) is 1. The van der Waals surface area contributed by atoms with Crippen molar-refractivity contribution in [2.24, 2.45) is 5.73 Å². The Morgan fingerprint density at radius 1 is 1.27 bits per heavy atom. The lowest BCUT2D eigenvalue weighted by atomic mass is 10.1. The number of amides is 5. The molecule has 1 aliphatic heterocycles. The number of urea groups is 1. The van der Waals surface area contributed by atoms with E-state index in [4.69, 9.17) is 5.73 Å². The fraction of sp³-hybridized carbons (Fsp3) is 0.765. The van der Waals surface area contributed by atoms with Crippen LogP contribution in [0.15, 0.2) is 0 Å². The molecule has 148 valence electrons. The zero-order valence-corrected chi connectivity index (χ0v) is 15.5. The van der Waals surface area contributed by atoms with Gasteiger partial charge in [0.25, 0.3) is 5.91 Å². The molecule has 3 unspecified atom stereocenters. The number of carbonyl (C=O) groups excluding carboxylic acids is 4. The first-order valence-corrected chi connectivity index (χ1v) is 9.17. The minimum Gasteiger partial charge on any atom is -0.391 e. The van der Waals surface area contributed by atoms with Gasteiger partial charge in [-0.05, 0) is 26.2 Å². The molecule has 0 aromatic heterocycles. The van der Waals surface area contributed by atoms with E-state index in [2.05, 4.69) is 17.6 Å². The summed E-state index contributed by atoms with van der Waals surface area (Å²) < 4.78 is 0. The van der Waals surface area contributed by atoms with Crippen LogP contribution in [0, 0.1) is 0 Å². The van der Waals surface area contributed by atoms with E-state index < -0.39 is 36.0 Å². The monoisotopic (exact) mass is 370 g/mol. The molecule has 1 saturated heterocycles. The highest BCUT2D eigenvalue weighted by Gasteiger charge is 2.45. The Balaban J connectivity index is 2.45. The van der Waals surface area contributed by atoms with E-state index in [1.54, 1.807) is 0 Å². The van der Waals surface area contributed by atoms with Gasteiger partial charge in [-0.15, -0.1) is 0 Å². The van der Waals surface area contributed by atoms with Gasteiger partial charge >= 0.3 is 6.03 Å². The van der Waals surface area contributed by atoms with Crippen molar-refractivity contribution in [3.63, 3.8) is 0 Å². The van der Waals surface area contributed by atoms with Crippen LogP contribution >= 0.6 is 0 Å². The van der Waals surface area contributed by atoms with Gasteiger partial charge in [-0.2, -0.15) is 0 Å². The summed E-state index contributed by atoms with van der Waals surface area (Å²) in [7, 11) is 0. The highest BCUT2D eigenvalue weighted by molar-refractivity contribution is 6.07. The molecule has 0 aromatic carbocycles. The molecule has 1 fully saturated rings. The van der Waals surface area contributed by atoms with Gasteiger partial charge in [0.2, 0.25) is 11.8 Å². The van der Waals surface area contributed by atoms with E-state index in [1.165, 1.54) is 6.92 Å². The summed E-state index contributed by atoms with van der Waals surface area (Å²) >= 11 is 0. The number of aliphatic hydroxyl groups excluding tert-OH is 1. The quantitative estimate of drug-likeness (QED) is 0.283. The number of rotatable bonds is 12. The Morgan fingerprint density at radius 3 is 2.50 bits per heavy atom. The van der Waals surface area contributed by atoms with Gasteiger partial charge in [0.15, 0.2) is 0 Å². The lowest BCUT2D eigenvalue weighted by Crippen LogP contribution is -2.49. The Kier molecular flexibility index (Phi) is 9.04. The standard InChI is InChI=1S/C17H30N4O5/c1-3-4-5-6-9-13(23)19-10-7-8-12(15(18)24)21-16(25)14(11(2)22)20-17(21)26/h11-12,14,22H,3-10H2,1-2H3,(H2,18,24)(H,19,23)(H,20,26). The topological polar surface area (TPSA) is 142 Å². The van der Waals surface area contributed by atoms with Crippen LogP contribution in [0.5, 0.6) is 0 Å². The number of aliphatic hydroxyl groups is 1. The predicted octanol–water partition coefficient (Wildman–Crippen LogP) is 0.00830. The number of carbonyl (C=O) groups is 4. The van der Waals surface area contributed by atoms with E-state index in [0.717, 1.165) is 30.6 Å². The number of nitrogens with one attached hydrogen (secondary N) is 2. The van der Waals surface area contributed by atoms with E-state index >= 15 is 0 Å². The molecule has 3 atom stereocenters. The molecule has 0 spiro atoms. The van der Waals surface area contributed by atoms with Gasteiger partial charge in [-0.1, -0.05) is 26.2 Å². The second-order valence-corrected chi connectivity index (χ2v) is 6.60. The maximum Gasteiger partial charge on any atom is 0.325 e. The van der Waals surface area contributed by atoms with Crippen molar-refractivity contribution in [3.05, 3.63) is 0 Å². The predicted molar refractivity (Wildman–Crippen MR) is 94.8 cm³/mol. The van der Waals surface area contributed by atoms with Crippen LogP contribution in [-0.2, 0) is 14.4 Å². The summed E-state index contributed by atoms with van der Waals surface area (Å²) in [5, 5.41) is 14.6. The number of unbranched alkanes of at least 4 members (excludes halogenated alkanes) is 3. The molecule has 0 saturated carbocycles. The van der Waals surface area contributed by atoms with Crippen molar-refractivity contribution >= 4 is 23.8 Å². The van der Waals surface area contributed by atoms with Crippen molar-refractivity contribution in [1.29, 1.82) is 0 Å². The molecule has 0 aromatic rings. The average molecular weight is 370 g/mol. The second-order valence-electron chi connectivity index (χ2n) is 6.60. The van der Waals surface area contributed by atoms with Crippen molar-refractivity contribution in [2.75, 3.05) is 6.54 Å². The zero-order chi connectivity index (χ0) is 19.7. The summed E-state index contributed by atoms with van der Waals surface area (Å²) in [5.41, 5.74) is 5.34. The number of hydrogen-bond donors (Lipinski definition) is 4. The Morgan fingerprint density at radius 2 is 1.96 bits per heavy atom. The molecule has 0 radical (unpaired) electrons. The van der Waals surface area contributed by atoms with Crippen LogP contribution in [0.25, 0.3) is 0 Å². The summed E-state index contributed by atoms with van der Waals surface area (Å²) in [4.78, 5) is 48.3. The molecular formula is C17H30N4O5. The van der Waals surface area contributed by atoms with Crippen LogP contribution in [0.1, 0.15) is 58.8 Å². The number of primary amides is 1. The van der Waals surface area contributed by atoms with E-state index in [0.29, 0.717) is 19.4 Å². The van der Waals surface area contributed by atoms with Crippen LogP contribution < -0.4 is 16.4 Å². The van der Waals surface area contributed by atoms with Crippen molar-refractivity contribution in [2.45, 2.75) is 77.0 Å².